The molecule has 2 aromatic carbocycles. The van der Waals surface area contributed by atoms with Gasteiger partial charge in [-0.1, -0.05) is 36.4 Å². The Kier molecular flexibility index (Phi) is 8.61. The van der Waals surface area contributed by atoms with E-state index in [4.69, 9.17) is 10.2 Å². The fourth-order valence-electron chi connectivity index (χ4n) is 3.35. The number of aliphatic hydroxyl groups excluding tert-OH is 2. The first-order chi connectivity index (χ1) is 16.8. The molecule has 0 radical (unpaired) electrons. The maximum Gasteiger partial charge on any atom is 0.177 e. The molecule has 0 atom stereocenters. The number of para-hydroxylation sites is 3. The van der Waals surface area contributed by atoms with Gasteiger partial charge in [0.1, 0.15) is 5.69 Å². The third kappa shape index (κ3) is 5.34. The van der Waals surface area contributed by atoms with E-state index in [1.165, 1.54) is 0 Å². The van der Waals surface area contributed by atoms with Crippen LogP contribution in [0.2, 0.25) is 0 Å². The standard InChI is InChI=1S/C12H9N3.C11H10N4.2CH4O/c1-2-4-10-9(3-1)5-6-11(15-10)12-13-7-8-14-12;1-15-9-5-3-2-4-8(9)14-11(15)10-12-6-7-13-10;2*1-2/h1-8H,(H,13,14);2-7H,1H3,(H,12,13);2*2H,1H3. The molecule has 174 valence electrons. The molecule has 9 heteroatoms. The minimum Gasteiger partial charge on any atom is -0.400 e. The largest absolute Gasteiger partial charge is 0.400 e. The second-order valence-electron chi connectivity index (χ2n) is 6.75. The second kappa shape index (κ2) is 12.0. The first-order valence-electron chi connectivity index (χ1n) is 10.5. The van der Waals surface area contributed by atoms with Gasteiger partial charge in [-0.05, 0) is 24.3 Å². The van der Waals surface area contributed by atoms with Crippen LogP contribution < -0.4 is 0 Å². The highest BCUT2D eigenvalue weighted by Gasteiger charge is 2.10. The molecule has 0 spiro atoms. The number of benzene rings is 2. The Morgan fingerprint density at radius 2 is 1.29 bits per heavy atom. The number of aromatic amines is 2. The molecule has 0 bridgehead atoms. The van der Waals surface area contributed by atoms with Crippen molar-refractivity contribution in [3.63, 3.8) is 0 Å². The lowest BCUT2D eigenvalue weighted by molar-refractivity contribution is 0.399. The van der Waals surface area contributed by atoms with Crippen molar-refractivity contribution in [1.82, 2.24) is 34.5 Å². The molecule has 0 saturated heterocycles. The van der Waals surface area contributed by atoms with Crippen LogP contribution in [0.25, 0.3) is 45.1 Å². The Labute approximate surface area is 196 Å². The normalized spacial score (nSPS) is 9.91. The van der Waals surface area contributed by atoms with E-state index in [0.29, 0.717) is 0 Å². The molecule has 4 N–H and O–H groups in total. The van der Waals surface area contributed by atoms with Gasteiger partial charge in [-0.25, -0.2) is 19.9 Å². The predicted octanol–water partition coefficient (Wildman–Crippen LogP) is 3.81. The van der Waals surface area contributed by atoms with Gasteiger partial charge in [0.15, 0.2) is 17.5 Å². The fourth-order valence-corrected chi connectivity index (χ4v) is 3.35. The number of rotatable bonds is 2. The van der Waals surface area contributed by atoms with Gasteiger partial charge in [0.2, 0.25) is 0 Å². The van der Waals surface area contributed by atoms with Crippen LogP contribution in [0.4, 0.5) is 0 Å². The summed E-state index contributed by atoms with van der Waals surface area (Å²) in [7, 11) is 3.99. The average Bonchev–Trinajstić information content (AvgIpc) is 3.69. The van der Waals surface area contributed by atoms with Crippen LogP contribution in [-0.2, 0) is 7.05 Å². The summed E-state index contributed by atoms with van der Waals surface area (Å²) in [5.41, 5.74) is 3.97. The molecule has 4 heterocycles. The van der Waals surface area contributed by atoms with Gasteiger partial charge < -0.3 is 24.7 Å². The minimum atomic E-state index is 0.800. The van der Waals surface area contributed by atoms with E-state index in [2.05, 4.69) is 42.0 Å². The van der Waals surface area contributed by atoms with Crippen molar-refractivity contribution >= 4 is 21.9 Å². The van der Waals surface area contributed by atoms with Crippen LogP contribution in [0.5, 0.6) is 0 Å². The summed E-state index contributed by atoms with van der Waals surface area (Å²) in [5.74, 6) is 2.47. The first-order valence-corrected chi connectivity index (χ1v) is 10.5. The highest BCUT2D eigenvalue weighted by atomic mass is 16.2. The molecule has 0 aliphatic carbocycles. The monoisotopic (exact) mass is 457 g/mol. The average molecular weight is 458 g/mol. The Balaban J connectivity index is 0.000000167. The van der Waals surface area contributed by atoms with Crippen LogP contribution >= 0.6 is 0 Å². The molecule has 9 nitrogen and oxygen atoms in total. The molecule has 0 unspecified atom stereocenters. The number of aromatic nitrogens is 7. The van der Waals surface area contributed by atoms with E-state index in [0.717, 1.165) is 59.3 Å². The van der Waals surface area contributed by atoms with E-state index < -0.39 is 0 Å². The molecule has 6 aromatic rings. The summed E-state index contributed by atoms with van der Waals surface area (Å²) in [6.45, 7) is 0. The quantitative estimate of drug-likeness (QED) is 0.313. The summed E-state index contributed by atoms with van der Waals surface area (Å²) >= 11 is 0. The number of aliphatic hydroxyl groups is 2. The summed E-state index contributed by atoms with van der Waals surface area (Å²) in [4.78, 5) is 23.5. The molecule has 0 aliphatic heterocycles. The fraction of sp³-hybridized carbons (Fsp3) is 0.120. The van der Waals surface area contributed by atoms with Crippen molar-refractivity contribution in [2.24, 2.45) is 7.05 Å². The summed E-state index contributed by atoms with van der Waals surface area (Å²) in [6, 6.07) is 20.1. The van der Waals surface area contributed by atoms with Crippen molar-refractivity contribution in [1.29, 1.82) is 0 Å². The molecule has 6 rings (SSSR count). The van der Waals surface area contributed by atoms with E-state index >= 15 is 0 Å². The van der Waals surface area contributed by atoms with Crippen LogP contribution in [0.1, 0.15) is 0 Å². The van der Waals surface area contributed by atoms with Gasteiger partial charge in [-0.2, -0.15) is 0 Å². The Bertz CT molecular complexity index is 1410. The van der Waals surface area contributed by atoms with Gasteiger partial charge in [0, 0.05) is 51.4 Å². The SMILES string of the molecule is CO.CO.Cn1c(-c2ncc[nH]2)nc2ccccc21.c1ccc2nc(-c3ncc[nH]3)ccc2c1. The maximum absolute atomic E-state index is 7.00. The highest BCUT2D eigenvalue weighted by molar-refractivity contribution is 5.80. The summed E-state index contributed by atoms with van der Waals surface area (Å²) in [5, 5.41) is 15.1. The third-order valence-corrected chi connectivity index (χ3v) is 4.84. The lowest BCUT2D eigenvalue weighted by Crippen LogP contribution is -1.93. The Hall–Kier alpha value is -4.34. The zero-order valence-electron chi connectivity index (χ0n) is 19.2. The molecule has 0 fully saturated rings. The smallest absolute Gasteiger partial charge is 0.177 e. The second-order valence-corrected chi connectivity index (χ2v) is 6.75. The predicted molar refractivity (Wildman–Crippen MR) is 134 cm³/mol. The molecular weight excluding hydrogens is 430 g/mol. The highest BCUT2D eigenvalue weighted by Crippen LogP contribution is 2.20. The Morgan fingerprint density at radius 1 is 0.676 bits per heavy atom. The lowest BCUT2D eigenvalue weighted by Gasteiger charge is -1.99. The van der Waals surface area contributed by atoms with Gasteiger partial charge >= 0.3 is 0 Å². The number of nitrogens with zero attached hydrogens (tertiary/aromatic N) is 5. The topological polar surface area (TPSA) is 129 Å². The van der Waals surface area contributed by atoms with Gasteiger partial charge in [-0.15, -0.1) is 0 Å². The lowest BCUT2D eigenvalue weighted by atomic mass is 10.2. The van der Waals surface area contributed by atoms with E-state index in [1.807, 2.05) is 60.1 Å². The van der Waals surface area contributed by atoms with E-state index in [1.54, 1.807) is 24.8 Å². The number of hydrogen-bond donors (Lipinski definition) is 4. The zero-order valence-corrected chi connectivity index (χ0v) is 19.2. The van der Waals surface area contributed by atoms with Crippen LogP contribution in [0, 0.1) is 0 Å². The number of hydrogen-bond acceptors (Lipinski definition) is 6. The molecule has 4 aromatic heterocycles. The number of imidazole rings is 3. The maximum atomic E-state index is 7.00. The number of H-pyrrole nitrogens is 2. The number of aryl methyl sites for hydroxylation is 1. The van der Waals surface area contributed by atoms with Crippen molar-refractivity contribution < 1.29 is 10.2 Å². The Morgan fingerprint density at radius 3 is 1.94 bits per heavy atom. The summed E-state index contributed by atoms with van der Waals surface area (Å²) in [6.07, 6.45) is 7.06. The number of fused-ring (bicyclic) bond motifs is 2. The van der Waals surface area contributed by atoms with Crippen LogP contribution in [0.3, 0.4) is 0 Å². The van der Waals surface area contributed by atoms with E-state index in [9.17, 15) is 0 Å². The minimum absolute atomic E-state index is 0.800. The number of nitrogens with one attached hydrogen (secondary N) is 2. The van der Waals surface area contributed by atoms with Crippen molar-refractivity contribution in [3.8, 4) is 23.2 Å². The number of pyridine rings is 1. The first kappa shape index (κ1) is 24.3. The molecule has 0 saturated carbocycles. The van der Waals surface area contributed by atoms with Gasteiger partial charge in [0.25, 0.3) is 0 Å². The molecule has 34 heavy (non-hydrogen) atoms. The zero-order chi connectivity index (χ0) is 24.3. The van der Waals surface area contributed by atoms with Crippen molar-refractivity contribution in [2.75, 3.05) is 14.2 Å². The van der Waals surface area contributed by atoms with E-state index in [-0.39, 0.29) is 0 Å². The molecule has 0 aliphatic rings. The summed E-state index contributed by atoms with van der Waals surface area (Å²) < 4.78 is 2.04. The molecular formula is C25H27N7O2. The van der Waals surface area contributed by atoms with Gasteiger partial charge in [-0.3, -0.25) is 0 Å². The third-order valence-electron chi connectivity index (χ3n) is 4.84. The van der Waals surface area contributed by atoms with Crippen molar-refractivity contribution in [3.05, 3.63) is 85.5 Å². The van der Waals surface area contributed by atoms with Crippen LogP contribution in [-0.4, -0.2) is 58.9 Å². The molecule has 0 amide bonds. The van der Waals surface area contributed by atoms with Crippen LogP contribution in [0.15, 0.2) is 85.5 Å². The van der Waals surface area contributed by atoms with Gasteiger partial charge in [0.05, 0.1) is 16.6 Å². The van der Waals surface area contributed by atoms with Crippen molar-refractivity contribution in [2.45, 2.75) is 0 Å².